The Balaban J connectivity index is 2.13. The number of nitrogens with one attached hydrogen (secondary N) is 1. The molecule has 0 aliphatic carbocycles. The minimum Gasteiger partial charge on any atom is -0.334 e. The van der Waals surface area contributed by atoms with E-state index in [-0.39, 0.29) is 11.8 Å². The van der Waals surface area contributed by atoms with Crippen LogP contribution in [0.1, 0.15) is 31.9 Å². The van der Waals surface area contributed by atoms with Gasteiger partial charge in [-0.15, -0.1) is 0 Å². The molecule has 122 valence electrons. The second-order valence-electron chi connectivity index (χ2n) is 5.98. The Bertz CT molecular complexity index is 446. The highest BCUT2D eigenvalue weighted by Gasteiger charge is 2.28. The van der Waals surface area contributed by atoms with Crippen LogP contribution >= 0.6 is 11.8 Å². The van der Waals surface area contributed by atoms with Gasteiger partial charge in [-0.25, -0.2) is 0 Å². The summed E-state index contributed by atoms with van der Waals surface area (Å²) in [7, 11) is 0. The van der Waals surface area contributed by atoms with E-state index in [0.717, 1.165) is 43.8 Å². The van der Waals surface area contributed by atoms with Gasteiger partial charge in [0.15, 0.2) is 0 Å². The molecule has 2 heterocycles. The van der Waals surface area contributed by atoms with Gasteiger partial charge in [0.05, 0.1) is 12.2 Å². The van der Waals surface area contributed by atoms with E-state index in [0.29, 0.717) is 12.6 Å². The van der Waals surface area contributed by atoms with E-state index in [9.17, 15) is 4.79 Å². The van der Waals surface area contributed by atoms with Gasteiger partial charge in [0.2, 0.25) is 5.91 Å². The van der Waals surface area contributed by atoms with Crippen LogP contribution in [0, 0.1) is 5.92 Å². The van der Waals surface area contributed by atoms with Crippen molar-refractivity contribution in [3.8, 4) is 0 Å². The van der Waals surface area contributed by atoms with Crippen LogP contribution in [0.2, 0.25) is 0 Å². The van der Waals surface area contributed by atoms with Crippen LogP contribution in [0.5, 0.6) is 0 Å². The van der Waals surface area contributed by atoms with Crippen molar-refractivity contribution in [2.24, 2.45) is 5.92 Å². The van der Waals surface area contributed by atoms with Gasteiger partial charge < -0.3 is 10.2 Å². The van der Waals surface area contributed by atoms with Crippen LogP contribution in [0.15, 0.2) is 24.4 Å². The van der Waals surface area contributed by atoms with Crippen molar-refractivity contribution in [1.29, 1.82) is 0 Å². The monoisotopic (exact) mass is 321 g/mol. The maximum atomic E-state index is 12.9. The summed E-state index contributed by atoms with van der Waals surface area (Å²) in [5.74, 6) is 1.21. The SMILES string of the molecule is CSCC(C)C(=O)N(Cc1ccccn1)C1CCCNCC1. The summed E-state index contributed by atoms with van der Waals surface area (Å²) >= 11 is 1.74. The number of rotatable bonds is 6. The van der Waals surface area contributed by atoms with Crippen LogP contribution < -0.4 is 5.32 Å². The number of carbonyl (C=O) groups excluding carboxylic acids is 1. The second kappa shape index (κ2) is 9.16. The zero-order chi connectivity index (χ0) is 15.8. The Morgan fingerprint density at radius 3 is 3.05 bits per heavy atom. The first-order valence-electron chi connectivity index (χ1n) is 8.12. The van der Waals surface area contributed by atoms with Crippen LogP contribution in [0.3, 0.4) is 0 Å². The Labute approximate surface area is 138 Å². The normalized spacial score (nSPS) is 20.2. The van der Waals surface area contributed by atoms with E-state index in [4.69, 9.17) is 0 Å². The number of carbonyl (C=O) groups is 1. The molecule has 0 saturated carbocycles. The molecule has 2 atom stereocenters. The highest BCUT2D eigenvalue weighted by molar-refractivity contribution is 7.98. The quantitative estimate of drug-likeness (QED) is 0.874. The molecule has 1 fully saturated rings. The summed E-state index contributed by atoms with van der Waals surface area (Å²) in [6.45, 7) is 4.72. The topological polar surface area (TPSA) is 45.2 Å². The Morgan fingerprint density at radius 2 is 2.32 bits per heavy atom. The third-order valence-corrected chi connectivity index (χ3v) is 5.00. The highest BCUT2D eigenvalue weighted by atomic mass is 32.2. The van der Waals surface area contributed by atoms with E-state index in [1.165, 1.54) is 0 Å². The second-order valence-corrected chi connectivity index (χ2v) is 6.89. The molecule has 0 aromatic carbocycles. The van der Waals surface area contributed by atoms with Crippen LogP contribution in [0.25, 0.3) is 0 Å². The number of amides is 1. The number of nitrogens with zero attached hydrogens (tertiary/aromatic N) is 2. The largest absolute Gasteiger partial charge is 0.334 e. The molecule has 2 unspecified atom stereocenters. The molecule has 4 nitrogen and oxygen atoms in total. The average Bonchev–Trinajstić information content (AvgIpc) is 2.82. The maximum absolute atomic E-state index is 12.9. The molecule has 0 bridgehead atoms. The fourth-order valence-corrected chi connectivity index (χ4v) is 3.61. The third kappa shape index (κ3) is 4.99. The zero-order valence-corrected chi connectivity index (χ0v) is 14.4. The Hall–Kier alpha value is -1.07. The standard InChI is InChI=1S/C17H27N3OS/c1-14(13-22-2)17(21)20(12-15-6-3-4-10-19-15)16-7-5-9-18-11-8-16/h3-4,6,10,14,16,18H,5,7-9,11-13H2,1-2H3. The molecule has 5 heteroatoms. The van der Waals surface area contributed by atoms with Crippen molar-refractivity contribution in [2.75, 3.05) is 25.1 Å². The lowest BCUT2D eigenvalue weighted by molar-refractivity contribution is -0.137. The van der Waals surface area contributed by atoms with Gasteiger partial charge in [0.25, 0.3) is 0 Å². The van der Waals surface area contributed by atoms with Crippen molar-refractivity contribution < 1.29 is 4.79 Å². The number of hydrogen-bond donors (Lipinski definition) is 1. The lowest BCUT2D eigenvalue weighted by Crippen LogP contribution is -2.43. The first-order valence-corrected chi connectivity index (χ1v) is 9.51. The molecule has 1 aromatic rings. The first-order chi connectivity index (χ1) is 10.7. The summed E-state index contributed by atoms with van der Waals surface area (Å²) in [5.41, 5.74) is 0.976. The first kappa shape index (κ1) is 17.3. The van der Waals surface area contributed by atoms with E-state index in [1.807, 2.05) is 25.1 Å². The molecule has 0 spiro atoms. The van der Waals surface area contributed by atoms with Gasteiger partial charge in [0.1, 0.15) is 0 Å². The van der Waals surface area contributed by atoms with E-state index >= 15 is 0 Å². The number of hydrogen-bond acceptors (Lipinski definition) is 4. The average molecular weight is 321 g/mol. The molecule has 1 aliphatic rings. The molecular formula is C17H27N3OS. The van der Waals surface area contributed by atoms with Crippen LogP contribution in [0.4, 0.5) is 0 Å². The van der Waals surface area contributed by atoms with Crippen molar-refractivity contribution in [1.82, 2.24) is 15.2 Å². The predicted molar refractivity (Wildman–Crippen MR) is 92.8 cm³/mol. The highest BCUT2D eigenvalue weighted by Crippen LogP contribution is 2.20. The predicted octanol–water partition coefficient (Wildman–Crippen LogP) is 2.55. The van der Waals surface area contributed by atoms with Crippen LogP contribution in [-0.2, 0) is 11.3 Å². The minimum atomic E-state index is 0.0647. The Morgan fingerprint density at radius 1 is 1.45 bits per heavy atom. The van der Waals surface area contributed by atoms with Crippen molar-refractivity contribution in [2.45, 2.75) is 38.8 Å². The van der Waals surface area contributed by atoms with E-state index in [1.54, 1.807) is 18.0 Å². The van der Waals surface area contributed by atoms with E-state index in [2.05, 4.69) is 21.5 Å². The van der Waals surface area contributed by atoms with Crippen molar-refractivity contribution >= 4 is 17.7 Å². The summed E-state index contributed by atoms with van der Waals surface area (Å²) in [6, 6.07) is 6.25. The molecular weight excluding hydrogens is 294 g/mol. The maximum Gasteiger partial charge on any atom is 0.226 e. The fourth-order valence-electron chi connectivity index (χ4n) is 2.97. The molecule has 1 aromatic heterocycles. The summed E-state index contributed by atoms with van der Waals surface area (Å²) in [4.78, 5) is 19.4. The minimum absolute atomic E-state index is 0.0647. The summed E-state index contributed by atoms with van der Waals surface area (Å²) < 4.78 is 0. The number of pyridine rings is 1. The Kier molecular flexibility index (Phi) is 7.19. The number of aromatic nitrogens is 1. The molecule has 2 rings (SSSR count). The molecule has 22 heavy (non-hydrogen) atoms. The van der Waals surface area contributed by atoms with Gasteiger partial charge in [-0.2, -0.15) is 11.8 Å². The molecule has 1 N–H and O–H groups in total. The molecule has 1 saturated heterocycles. The fraction of sp³-hybridized carbons (Fsp3) is 0.647. The summed E-state index contributed by atoms with van der Waals surface area (Å²) in [6.07, 6.45) is 7.11. The van der Waals surface area contributed by atoms with Gasteiger partial charge in [-0.1, -0.05) is 13.0 Å². The van der Waals surface area contributed by atoms with Gasteiger partial charge in [0, 0.05) is 23.9 Å². The van der Waals surface area contributed by atoms with Crippen LogP contribution in [-0.4, -0.2) is 46.9 Å². The number of thioether (sulfide) groups is 1. The summed E-state index contributed by atoms with van der Waals surface area (Å²) in [5, 5.41) is 3.43. The van der Waals surface area contributed by atoms with E-state index < -0.39 is 0 Å². The lowest BCUT2D eigenvalue weighted by Gasteiger charge is -2.33. The zero-order valence-electron chi connectivity index (χ0n) is 13.6. The van der Waals surface area contributed by atoms with Crippen molar-refractivity contribution in [3.05, 3.63) is 30.1 Å². The lowest BCUT2D eigenvalue weighted by atomic mass is 10.0. The molecule has 1 aliphatic heterocycles. The molecule has 1 amide bonds. The third-order valence-electron chi connectivity index (χ3n) is 4.17. The molecule has 0 radical (unpaired) electrons. The van der Waals surface area contributed by atoms with Gasteiger partial charge in [-0.3, -0.25) is 9.78 Å². The van der Waals surface area contributed by atoms with Gasteiger partial charge >= 0.3 is 0 Å². The van der Waals surface area contributed by atoms with Gasteiger partial charge in [-0.05, 0) is 50.7 Å². The smallest absolute Gasteiger partial charge is 0.226 e. The van der Waals surface area contributed by atoms with Crippen molar-refractivity contribution in [3.63, 3.8) is 0 Å².